The topological polar surface area (TPSA) is 115 Å². The van der Waals surface area contributed by atoms with Crippen molar-refractivity contribution < 1.29 is 24.5 Å². The van der Waals surface area contributed by atoms with Crippen molar-refractivity contribution in [1.29, 1.82) is 0 Å². The second-order valence-corrected chi connectivity index (χ2v) is 9.80. The Labute approximate surface area is 207 Å². The highest BCUT2D eigenvalue weighted by atomic mass is 16.5. The Bertz CT molecular complexity index is 966. The minimum absolute atomic E-state index is 0.125. The summed E-state index contributed by atoms with van der Waals surface area (Å²) in [5.74, 6) is 5.68. The summed E-state index contributed by atoms with van der Waals surface area (Å²) in [6.45, 7) is 6.80. The molecule has 3 amide bonds. The second kappa shape index (κ2) is 11.7. The molecule has 2 heterocycles. The number of carbonyl (C=O) groups excluding carboxylic acids is 2. The highest BCUT2D eigenvalue weighted by Crippen LogP contribution is 2.30. The maximum atomic E-state index is 13.5. The number of nitrogens with one attached hydrogen (secondary N) is 1. The first-order valence-electron chi connectivity index (χ1n) is 12.5. The zero-order valence-electron chi connectivity index (χ0n) is 21.2. The number of pyridine rings is 1. The van der Waals surface area contributed by atoms with E-state index in [0.29, 0.717) is 38.0 Å². The van der Waals surface area contributed by atoms with Gasteiger partial charge in [-0.05, 0) is 45.1 Å². The average molecular weight is 487 g/mol. The van der Waals surface area contributed by atoms with Crippen LogP contribution >= 0.6 is 0 Å². The van der Waals surface area contributed by atoms with Crippen LogP contribution in [0, 0.1) is 17.8 Å². The van der Waals surface area contributed by atoms with Gasteiger partial charge in [0.1, 0.15) is 17.3 Å². The van der Waals surface area contributed by atoms with Crippen LogP contribution in [-0.2, 0) is 0 Å². The molecular weight excluding hydrogens is 448 g/mol. The van der Waals surface area contributed by atoms with Gasteiger partial charge < -0.3 is 30.1 Å². The van der Waals surface area contributed by atoms with E-state index in [1.165, 1.54) is 6.20 Å². The molecule has 0 bridgehead atoms. The van der Waals surface area contributed by atoms with E-state index < -0.39 is 17.7 Å². The predicted molar refractivity (Wildman–Crippen MR) is 132 cm³/mol. The van der Waals surface area contributed by atoms with E-state index in [0.717, 1.165) is 19.3 Å². The molecule has 3 atom stereocenters. The molecule has 0 aromatic carbocycles. The third-order valence-electron chi connectivity index (χ3n) is 6.72. The third kappa shape index (κ3) is 6.65. The van der Waals surface area contributed by atoms with Gasteiger partial charge in [0, 0.05) is 37.8 Å². The number of nitrogens with zero attached hydrogens (tertiary/aromatic N) is 3. The molecule has 0 saturated heterocycles. The van der Waals surface area contributed by atoms with Crippen molar-refractivity contribution in [3.63, 3.8) is 0 Å². The van der Waals surface area contributed by atoms with Gasteiger partial charge in [0.2, 0.25) is 5.88 Å². The summed E-state index contributed by atoms with van der Waals surface area (Å²) in [5, 5.41) is 23.2. The Morgan fingerprint density at radius 1 is 1.43 bits per heavy atom. The van der Waals surface area contributed by atoms with Gasteiger partial charge in [0.05, 0.1) is 19.2 Å². The summed E-state index contributed by atoms with van der Waals surface area (Å²) in [4.78, 5) is 33.5. The number of aliphatic hydroxyl groups excluding tert-OH is 1. The van der Waals surface area contributed by atoms with Crippen LogP contribution in [0.5, 0.6) is 5.88 Å². The van der Waals surface area contributed by atoms with Crippen LogP contribution in [0.2, 0.25) is 0 Å². The first-order valence-corrected chi connectivity index (χ1v) is 12.5. The number of fused-ring (bicyclic) bond motifs is 1. The number of rotatable bonds is 6. The largest absolute Gasteiger partial charge is 0.472 e. The fraction of sp³-hybridized carbons (Fsp3) is 0.654. The van der Waals surface area contributed by atoms with Gasteiger partial charge >= 0.3 is 6.03 Å². The van der Waals surface area contributed by atoms with Crippen LogP contribution in [0.3, 0.4) is 0 Å². The Hall–Kier alpha value is -2.83. The predicted octanol–water partition coefficient (Wildman–Crippen LogP) is 2.01. The number of hydrogen-bond donors (Lipinski definition) is 3. The Morgan fingerprint density at radius 3 is 2.80 bits per heavy atom. The summed E-state index contributed by atoms with van der Waals surface area (Å²) in [6.07, 6.45) is 5.12. The summed E-state index contributed by atoms with van der Waals surface area (Å²) < 4.78 is 6.22. The van der Waals surface area contributed by atoms with Crippen molar-refractivity contribution in [3.05, 3.63) is 23.4 Å². The van der Waals surface area contributed by atoms with Crippen LogP contribution in [-0.4, -0.2) is 88.0 Å². The van der Waals surface area contributed by atoms with Gasteiger partial charge in [-0.1, -0.05) is 25.7 Å². The number of ether oxygens (including phenoxy) is 1. The first-order chi connectivity index (χ1) is 16.7. The lowest BCUT2D eigenvalue weighted by molar-refractivity contribution is 0.0352. The standard InChI is InChI=1S/C26H38N4O5/c1-5-12-27-25(33)29(4)16-22-18(2)15-30(19(3)17-31)24(32)21-13-20(14-28-23(21)35-22)8-11-26(34)9-6-7-10-26/h13-14,18-19,22,31,34H,5-7,9-10,12,15-17H2,1-4H3,(H,27,33)/t18-,19+,22-/m1/s1. The number of amides is 3. The molecule has 1 aliphatic carbocycles. The normalized spacial score (nSPS) is 22.1. The van der Waals surface area contributed by atoms with Gasteiger partial charge in [-0.15, -0.1) is 0 Å². The van der Waals surface area contributed by atoms with Crippen molar-refractivity contribution in [1.82, 2.24) is 20.1 Å². The number of urea groups is 1. The number of aliphatic hydroxyl groups is 2. The summed E-state index contributed by atoms with van der Waals surface area (Å²) in [5.41, 5.74) is -0.226. The molecule has 0 unspecified atom stereocenters. The monoisotopic (exact) mass is 486 g/mol. The SMILES string of the molecule is CCCNC(=O)N(C)C[C@H]1Oc2ncc(C#CC3(O)CCCC3)cc2C(=O)N([C@@H](C)CO)C[C@H]1C. The van der Waals surface area contributed by atoms with E-state index in [2.05, 4.69) is 22.1 Å². The Balaban J connectivity index is 1.92. The van der Waals surface area contributed by atoms with E-state index in [4.69, 9.17) is 4.74 Å². The summed E-state index contributed by atoms with van der Waals surface area (Å²) in [7, 11) is 1.71. The molecule has 192 valence electrons. The molecule has 9 nitrogen and oxygen atoms in total. The van der Waals surface area contributed by atoms with Gasteiger partial charge in [0.25, 0.3) is 5.91 Å². The Morgan fingerprint density at radius 2 is 2.14 bits per heavy atom. The minimum Gasteiger partial charge on any atom is -0.472 e. The molecule has 9 heteroatoms. The van der Waals surface area contributed by atoms with E-state index in [9.17, 15) is 19.8 Å². The molecule has 0 spiro atoms. The lowest BCUT2D eigenvalue weighted by Gasteiger charge is -2.37. The summed E-state index contributed by atoms with van der Waals surface area (Å²) >= 11 is 0. The molecule has 1 aromatic rings. The number of carbonyl (C=O) groups is 2. The van der Waals surface area contributed by atoms with Crippen LogP contribution in [0.4, 0.5) is 4.79 Å². The molecule has 1 aromatic heterocycles. The van der Waals surface area contributed by atoms with E-state index >= 15 is 0 Å². The smallest absolute Gasteiger partial charge is 0.317 e. The maximum absolute atomic E-state index is 13.5. The highest BCUT2D eigenvalue weighted by molar-refractivity contribution is 5.97. The zero-order chi connectivity index (χ0) is 25.6. The molecule has 3 rings (SSSR count). The highest BCUT2D eigenvalue weighted by Gasteiger charge is 2.35. The van der Waals surface area contributed by atoms with Crippen LogP contribution < -0.4 is 10.1 Å². The van der Waals surface area contributed by atoms with Crippen molar-refractivity contribution in [2.45, 2.75) is 70.6 Å². The molecular formula is C26H38N4O5. The van der Waals surface area contributed by atoms with Gasteiger partial charge in [-0.25, -0.2) is 9.78 Å². The number of hydrogen-bond acceptors (Lipinski definition) is 6. The average Bonchev–Trinajstić information content (AvgIpc) is 3.29. The van der Waals surface area contributed by atoms with Crippen molar-refractivity contribution in [2.75, 3.05) is 33.3 Å². The van der Waals surface area contributed by atoms with E-state index in [-0.39, 0.29) is 35.9 Å². The second-order valence-electron chi connectivity index (χ2n) is 9.80. The lowest BCUT2D eigenvalue weighted by atomic mass is 9.99. The Kier molecular flexibility index (Phi) is 8.98. The minimum atomic E-state index is -0.994. The van der Waals surface area contributed by atoms with Gasteiger partial charge in [0.15, 0.2) is 0 Å². The molecule has 35 heavy (non-hydrogen) atoms. The molecule has 1 saturated carbocycles. The quantitative estimate of drug-likeness (QED) is 0.530. The van der Waals surface area contributed by atoms with Gasteiger partial charge in [-0.3, -0.25) is 4.79 Å². The molecule has 1 fully saturated rings. The van der Waals surface area contributed by atoms with Crippen molar-refractivity contribution >= 4 is 11.9 Å². The van der Waals surface area contributed by atoms with Crippen molar-refractivity contribution in [3.8, 4) is 17.7 Å². The van der Waals surface area contributed by atoms with E-state index in [1.807, 2.05) is 13.8 Å². The first kappa shape index (κ1) is 26.8. The number of likely N-dealkylation sites (N-methyl/N-ethyl adjacent to an activating group) is 1. The van der Waals surface area contributed by atoms with E-state index in [1.54, 1.807) is 29.8 Å². The molecule has 3 N–H and O–H groups in total. The van der Waals surface area contributed by atoms with Gasteiger partial charge in [-0.2, -0.15) is 0 Å². The van der Waals surface area contributed by atoms with Crippen LogP contribution in [0.1, 0.15) is 68.8 Å². The fourth-order valence-electron chi connectivity index (χ4n) is 4.38. The van der Waals surface area contributed by atoms with Crippen molar-refractivity contribution in [2.24, 2.45) is 5.92 Å². The van der Waals surface area contributed by atoms with Crippen LogP contribution in [0.25, 0.3) is 0 Å². The molecule has 0 radical (unpaired) electrons. The lowest BCUT2D eigenvalue weighted by Crippen LogP contribution is -2.51. The number of aromatic nitrogens is 1. The fourth-order valence-corrected chi connectivity index (χ4v) is 4.38. The third-order valence-corrected chi connectivity index (χ3v) is 6.72. The molecule has 1 aliphatic heterocycles. The molecule has 2 aliphatic rings. The summed E-state index contributed by atoms with van der Waals surface area (Å²) in [6, 6.07) is 1.04. The zero-order valence-corrected chi connectivity index (χ0v) is 21.2. The van der Waals surface area contributed by atoms with Crippen LogP contribution in [0.15, 0.2) is 12.3 Å². The maximum Gasteiger partial charge on any atom is 0.317 e.